The van der Waals surface area contributed by atoms with Gasteiger partial charge in [0.15, 0.2) is 5.69 Å². The Morgan fingerprint density at radius 3 is 2.21 bits per heavy atom. The third-order valence-electron chi connectivity index (χ3n) is 4.62. The first kappa shape index (κ1) is 22.3. The standard InChI is InChI=1S/C20H13F6N5O2/c21-19(22,23)17-7-8-30(28-17)9-10-31-18(32)15-11-13(3-6-16(15)27-29-31)12-1-4-14(5-2-12)33-20(24,25)26/h1-8,11H,9-10H2. The molecule has 2 aromatic carbocycles. The highest BCUT2D eigenvalue weighted by atomic mass is 19.4. The summed E-state index contributed by atoms with van der Waals surface area (Å²) in [5.41, 5.74) is -0.210. The third-order valence-corrected chi connectivity index (χ3v) is 4.62. The number of rotatable bonds is 5. The van der Waals surface area contributed by atoms with E-state index in [1.165, 1.54) is 24.3 Å². The van der Waals surface area contributed by atoms with Crippen molar-refractivity contribution in [3.05, 3.63) is 70.8 Å². The fourth-order valence-electron chi connectivity index (χ4n) is 3.09. The average Bonchev–Trinajstić information content (AvgIpc) is 3.22. The molecule has 13 heteroatoms. The maximum atomic E-state index is 12.8. The molecular weight excluding hydrogens is 456 g/mol. The first-order chi connectivity index (χ1) is 15.5. The highest BCUT2D eigenvalue weighted by molar-refractivity contribution is 5.83. The summed E-state index contributed by atoms with van der Waals surface area (Å²) in [5.74, 6) is -0.382. The zero-order valence-corrected chi connectivity index (χ0v) is 16.4. The summed E-state index contributed by atoms with van der Waals surface area (Å²) in [4.78, 5) is 12.8. The van der Waals surface area contributed by atoms with Crippen molar-refractivity contribution < 1.29 is 31.1 Å². The van der Waals surface area contributed by atoms with Gasteiger partial charge in [0, 0.05) is 6.20 Å². The number of fused-ring (bicyclic) bond motifs is 1. The van der Waals surface area contributed by atoms with E-state index in [9.17, 15) is 31.1 Å². The molecule has 7 nitrogen and oxygen atoms in total. The van der Waals surface area contributed by atoms with Gasteiger partial charge in [0.05, 0.1) is 18.5 Å². The number of ether oxygens (including phenoxy) is 1. The van der Waals surface area contributed by atoms with Crippen molar-refractivity contribution >= 4 is 10.9 Å². The topological polar surface area (TPSA) is 74.8 Å². The quantitative estimate of drug-likeness (QED) is 0.408. The average molecular weight is 469 g/mol. The lowest BCUT2D eigenvalue weighted by Crippen LogP contribution is -2.26. The minimum atomic E-state index is -4.81. The van der Waals surface area contributed by atoms with Crippen LogP contribution < -0.4 is 10.3 Å². The molecule has 2 heterocycles. The predicted molar refractivity (Wildman–Crippen MR) is 103 cm³/mol. The van der Waals surface area contributed by atoms with Gasteiger partial charge in [0.2, 0.25) is 0 Å². The largest absolute Gasteiger partial charge is 0.573 e. The maximum Gasteiger partial charge on any atom is 0.573 e. The lowest BCUT2D eigenvalue weighted by molar-refractivity contribution is -0.274. The highest BCUT2D eigenvalue weighted by Crippen LogP contribution is 2.28. The Labute approximate surface area is 180 Å². The first-order valence-electron chi connectivity index (χ1n) is 9.34. The van der Waals surface area contributed by atoms with E-state index >= 15 is 0 Å². The second-order valence-electron chi connectivity index (χ2n) is 6.88. The summed E-state index contributed by atoms with van der Waals surface area (Å²) in [6.45, 7) is -0.120. The van der Waals surface area contributed by atoms with Crippen LogP contribution in [-0.2, 0) is 19.3 Å². The van der Waals surface area contributed by atoms with Crippen LogP contribution in [0.4, 0.5) is 26.3 Å². The molecule has 0 unspecified atom stereocenters. The smallest absolute Gasteiger partial charge is 0.406 e. The predicted octanol–water partition coefficient (Wildman–Crippen LogP) is 4.27. The van der Waals surface area contributed by atoms with Crippen molar-refractivity contribution in [1.29, 1.82) is 0 Å². The number of hydrogen-bond donors (Lipinski definition) is 0. The molecule has 0 amide bonds. The van der Waals surface area contributed by atoms with Crippen molar-refractivity contribution in [3.8, 4) is 16.9 Å². The van der Waals surface area contributed by atoms with Gasteiger partial charge in [-0.1, -0.05) is 23.4 Å². The van der Waals surface area contributed by atoms with Crippen LogP contribution in [0.3, 0.4) is 0 Å². The number of nitrogens with zero attached hydrogens (tertiary/aromatic N) is 5. The van der Waals surface area contributed by atoms with Crippen LogP contribution in [-0.4, -0.2) is 31.1 Å². The van der Waals surface area contributed by atoms with E-state index in [4.69, 9.17) is 0 Å². The Hall–Kier alpha value is -3.90. The van der Waals surface area contributed by atoms with Gasteiger partial charge >= 0.3 is 12.5 Å². The van der Waals surface area contributed by atoms with E-state index in [0.29, 0.717) is 11.1 Å². The Morgan fingerprint density at radius 2 is 1.58 bits per heavy atom. The molecule has 0 bridgehead atoms. The molecule has 0 saturated carbocycles. The maximum absolute atomic E-state index is 12.8. The fourth-order valence-corrected chi connectivity index (χ4v) is 3.09. The van der Waals surface area contributed by atoms with Gasteiger partial charge in [0.25, 0.3) is 5.56 Å². The summed E-state index contributed by atoms with van der Waals surface area (Å²) in [6, 6.07) is 10.6. The Kier molecular flexibility index (Phi) is 5.56. The van der Waals surface area contributed by atoms with Crippen molar-refractivity contribution in [2.75, 3.05) is 0 Å². The zero-order chi connectivity index (χ0) is 23.8. The molecule has 0 spiro atoms. The number of alkyl halides is 6. The number of aromatic nitrogens is 5. The van der Waals surface area contributed by atoms with Crippen LogP contribution in [0.1, 0.15) is 5.69 Å². The minimum absolute atomic E-state index is 0.0451. The van der Waals surface area contributed by atoms with Crippen LogP contribution in [0.15, 0.2) is 59.5 Å². The lowest BCUT2D eigenvalue weighted by Gasteiger charge is -2.10. The van der Waals surface area contributed by atoms with Crippen LogP contribution in [0, 0.1) is 0 Å². The molecule has 33 heavy (non-hydrogen) atoms. The number of halogens is 6. The molecule has 0 saturated heterocycles. The monoisotopic (exact) mass is 469 g/mol. The molecule has 172 valence electrons. The van der Waals surface area contributed by atoms with E-state index in [1.54, 1.807) is 6.07 Å². The SMILES string of the molecule is O=c1c2cc(-c3ccc(OC(F)(F)F)cc3)ccc2nnn1CCn1ccc(C(F)(F)F)n1. The van der Waals surface area contributed by atoms with Crippen LogP contribution in [0.5, 0.6) is 5.75 Å². The molecule has 0 N–H and O–H groups in total. The minimum Gasteiger partial charge on any atom is -0.406 e. The third kappa shape index (κ3) is 5.13. The Balaban J connectivity index is 1.57. The molecule has 4 rings (SSSR count). The van der Waals surface area contributed by atoms with Gasteiger partial charge in [-0.3, -0.25) is 9.48 Å². The van der Waals surface area contributed by atoms with E-state index in [2.05, 4.69) is 20.1 Å². The summed E-state index contributed by atoms with van der Waals surface area (Å²) in [6.07, 6.45) is -8.23. The normalized spacial score (nSPS) is 12.3. The summed E-state index contributed by atoms with van der Waals surface area (Å²) in [7, 11) is 0. The van der Waals surface area contributed by atoms with E-state index in [1.807, 2.05) is 0 Å². The molecule has 0 radical (unpaired) electrons. The highest BCUT2D eigenvalue weighted by Gasteiger charge is 2.33. The van der Waals surface area contributed by atoms with Crippen LogP contribution in [0.2, 0.25) is 0 Å². The molecule has 4 aromatic rings. The summed E-state index contributed by atoms with van der Waals surface area (Å²) >= 11 is 0. The summed E-state index contributed by atoms with van der Waals surface area (Å²) in [5, 5.41) is 11.3. The second-order valence-corrected chi connectivity index (χ2v) is 6.88. The van der Waals surface area contributed by atoms with Crippen LogP contribution >= 0.6 is 0 Å². The number of hydrogen-bond acceptors (Lipinski definition) is 5. The lowest BCUT2D eigenvalue weighted by atomic mass is 10.0. The first-order valence-corrected chi connectivity index (χ1v) is 9.34. The number of benzene rings is 2. The van der Waals surface area contributed by atoms with Crippen LogP contribution in [0.25, 0.3) is 22.0 Å². The van der Waals surface area contributed by atoms with Gasteiger partial charge in [-0.25, -0.2) is 4.68 Å². The second kappa shape index (κ2) is 8.22. The summed E-state index contributed by atoms with van der Waals surface area (Å²) < 4.78 is 80.8. The Bertz CT molecular complexity index is 1340. The van der Waals surface area contributed by atoms with Crippen molar-refractivity contribution in [2.45, 2.75) is 25.6 Å². The van der Waals surface area contributed by atoms with Crippen molar-refractivity contribution in [1.82, 2.24) is 24.8 Å². The molecular formula is C20H13F6N5O2. The van der Waals surface area contributed by atoms with E-state index < -0.39 is 23.8 Å². The van der Waals surface area contributed by atoms with E-state index in [-0.39, 0.29) is 29.7 Å². The molecule has 0 fully saturated rings. The Morgan fingerprint density at radius 1 is 0.879 bits per heavy atom. The van der Waals surface area contributed by atoms with Gasteiger partial charge in [-0.2, -0.15) is 18.3 Å². The van der Waals surface area contributed by atoms with Crippen molar-refractivity contribution in [3.63, 3.8) is 0 Å². The van der Waals surface area contributed by atoms with Crippen molar-refractivity contribution in [2.24, 2.45) is 0 Å². The molecule has 0 atom stereocenters. The molecule has 2 aromatic heterocycles. The molecule has 0 aliphatic heterocycles. The van der Waals surface area contributed by atoms with Gasteiger partial charge in [-0.15, -0.1) is 18.3 Å². The fraction of sp³-hybridized carbons (Fsp3) is 0.200. The van der Waals surface area contributed by atoms with Gasteiger partial charge < -0.3 is 4.74 Å². The van der Waals surface area contributed by atoms with Gasteiger partial charge in [0.1, 0.15) is 11.3 Å². The number of aryl methyl sites for hydroxylation is 2. The zero-order valence-electron chi connectivity index (χ0n) is 16.4. The van der Waals surface area contributed by atoms with Gasteiger partial charge in [-0.05, 0) is 41.5 Å². The van der Waals surface area contributed by atoms with E-state index in [0.717, 1.165) is 33.8 Å². The molecule has 0 aliphatic carbocycles. The molecule has 0 aliphatic rings.